The Balaban J connectivity index is 1.61. The van der Waals surface area contributed by atoms with E-state index in [1.165, 1.54) is 17.5 Å². The van der Waals surface area contributed by atoms with Gasteiger partial charge in [0.1, 0.15) is 5.69 Å². The van der Waals surface area contributed by atoms with Crippen molar-refractivity contribution < 1.29 is 4.79 Å². The molecule has 2 aromatic rings. The van der Waals surface area contributed by atoms with Gasteiger partial charge in [0.25, 0.3) is 5.91 Å². The first-order valence-electron chi connectivity index (χ1n) is 10.3. The lowest BCUT2D eigenvalue weighted by molar-refractivity contribution is 0.0657. The van der Waals surface area contributed by atoms with Crippen molar-refractivity contribution in [3.8, 4) is 0 Å². The Kier molecular flexibility index (Phi) is 6.35. The Morgan fingerprint density at radius 2 is 2.07 bits per heavy atom. The van der Waals surface area contributed by atoms with E-state index in [-0.39, 0.29) is 5.91 Å². The van der Waals surface area contributed by atoms with Crippen LogP contribution in [0, 0.1) is 18.8 Å². The number of hydrogen-bond acceptors (Lipinski definition) is 2. The molecule has 0 saturated carbocycles. The SMILES string of the molecule is Cc1ccccc1CC[C@@H]1CCCN(C(=O)c2cc(CC(C)C)nn2C)C1. The number of carbonyl (C=O) groups excluding carboxylic acids is 1. The average molecular weight is 368 g/mol. The van der Waals surface area contributed by atoms with Gasteiger partial charge in [-0.3, -0.25) is 9.48 Å². The van der Waals surface area contributed by atoms with Gasteiger partial charge in [0.15, 0.2) is 0 Å². The predicted molar refractivity (Wildman–Crippen MR) is 110 cm³/mol. The first kappa shape index (κ1) is 19.7. The number of nitrogens with zero attached hydrogens (tertiary/aromatic N) is 3. The van der Waals surface area contributed by atoms with Gasteiger partial charge in [0, 0.05) is 20.1 Å². The summed E-state index contributed by atoms with van der Waals surface area (Å²) in [6.07, 6.45) is 5.49. The highest BCUT2D eigenvalue weighted by Crippen LogP contribution is 2.24. The Bertz CT molecular complexity index is 778. The topological polar surface area (TPSA) is 38.1 Å². The summed E-state index contributed by atoms with van der Waals surface area (Å²) in [6.45, 7) is 8.28. The molecule has 1 saturated heterocycles. The Morgan fingerprint density at radius 3 is 2.81 bits per heavy atom. The first-order chi connectivity index (χ1) is 12.9. The molecule has 0 unspecified atom stereocenters. The number of carbonyl (C=O) groups is 1. The quantitative estimate of drug-likeness (QED) is 0.758. The van der Waals surface area contributed by atoms with Crippen LogP contribution in [0.25, 0.3) is 0 Å². The highest BCUT2D eigenvalue weighted by Gasteiger charge is 2.26. The van der Waals surface area contributed by atoms with Crippen molar-refractivity contribution in [1.29, 1.82) is 0 Å². The molecule has 0 bridgehead atoms. The lowest BCUT2D eigenvalue weighted by Gasteiger charge is -2.33. The van der Waals surface area contributed by atoms with Crippen molar-refractivity contribution in [3.05, 3.63) is 52.8 Å². The molecule has 0 radical (unpaired) electrons. The number of hydrogen-bond donors (Lipinski definition) is 0. The van der Waals surface area contributed by atoms with Gasteiger partial charge in [-0.15, -0.1) is 0 Å². The normalized spacial score (nSPS) is 17.5. The van der Waals surface area contributed by atoms with Crippen LogP contribution in [0.3, 0.4) is 0 Å². The molecule has 1 aromatic heterocycles. The molecule has 0 aliphatic carbocycles. The van der Waals surface area contributed by atoms with Gasteiger partial charge in [-0.1, -0.05) is 38.1 Å². The summed E-state index contributed by atoms with van der Waals surface area (Å²) in [6, 6.07) is 10.6. The van der Waals surface area contributed by atoms with E-state index in [9.17, 15) is 4.79 Å². The van der Waals surface area contributed by atoms with Gasteiger partial charge in [-0.05, 0) is 68.1 Å². The number of aryl methyl sites for hydroxylation is 3. The fourth-order valence-corrected chi connectivity index (χ4v) is 4.14. The van der Waals surface area contributed by atoms with Crippen LogP contribution in [0.4, 0.5) is 0 Å². The van der Waals surface area contributed by atoms with Crippen LogP contribution in [0.1, 0.15) is 60.4 Å². The van der Waals surface area contributed by atoms with Crippen LogP contribution in [0.5, 0.6) is 0 Å². The number of aromatic nitrogens is 2. The molecule has 4 heteroatoms. The minimum absolute atomic E-state index is 0.139. The third-order valence-corrected chi connectivity index (χ3v) is 5.66. The maximum absolute atomic E-state index is 13.1. The zero-order valence-corrected chi connectivity index (χ0v) is 17.2. The number of piperidine rings is 1. The Hall–Kier alpha value is -2.10. The van der Waals surface area contributed by atoms with E-state index in [0.717, 1.165) is 50.2 Å². The van der Waals surface area contributed by atoms with E-state index in [4.69, 9.17) is 0 Å². The molecule has 3 rings (SSSR count). The monoisotopic (exact) mass is 367 g/mol. The van der Waals surface area contributed by atoms with Crippen LogP contribution < -0.4 is 0 Å². The second-order valence-electron chi connectivity index (χ2n) is 8.47. The summed E-state index contributed by atoms with van der Waals surface area (Å²) in [4.78, 5) is 15.1. The van der Waals surface area contributed by atoms with E-state index in [1.54, 1.807) is 4.68 Å². The van der Waals surface area contributed by atoms with Gasteiger partial charge in [-0.2, -0.15) is 5.10 Å². The molecule has 1 aliphatic heterocycles. The minimum Gasteiger partial charge on any atom is -0.337 e. The van der Waals surface area contributed by atoms with Crippen LogP contribution in [0.2, 0.25) is 0 Å². The van der Waals surface area contributed by atoms with Gasteiger partial charge < -0.3 is 4.90 Å². The van der Waals surface area contributed by atoms with Crippen molar-refractivity contribution >= 4 is 5.91 Å². The molecule has 2 heterocycles. The lowest BCUT2D eigenvalue weighted by Crippen LogP contribution is -2.40. The highest BCUT2D eigenvalue weighted by molar-refractivity contribution is 5.92. The third kappa shape index (κ3) is 5.00. The maximum Gasteiger partial charge on any atom is 0.272 e. The van der Waals surface area contributed by atoms with Crippen molar-refractivity contribution in [2.75, 3.05) is 13.1 Å². The minimum atomic E-state index is 0.139. The highest BCUT2D eigenvalue weighted by atomic mass is 16.2. The molecular formula is C23H33N3O. The molecule has 4 nitrogen and oxygen atoms in total. The molecule has 1 aromatic carbocycles. The lowest BCUT2D eigenvalue weighted by atomic mass is 9.90. The molecular weight excluding hydrogens is 334 g/mol. The number of benzene rings is 1. The van der Waals surface area contributed by atoms with Gasteiger partial charge in [0.05, 0.1) is 5.69 Å². The summed E-state index contributed by atoms with van der Waals surface area (Å²) >= 11 is 0. The van der Waals surface area contributed by atoms with Crippen molar-refractivity contribution in [1.82, 2.24) is 14.7 Å². The molecule has 1 amide bonds. The standard InChI is InChI=1S/C23H33N3O/c1-17(2)14-21-15-22(25(4)24-21)23(27)26-13-7-9-19(16-26)11-12-20-10-6-5-8-18(20)3/h5-6,8,10,15,17,19H,7,9,11-14,16H2,1-4H3/t19-/m0/s1. The van der Waals surface area contributed by atoms with E-state index >= 15 is 0 Å². The Labute approximate surface area is 163 Å². The second kappa shape index (κ2) is 8.73. The van der Waals surface area contributed by atoms with Crippen molar-refractivity contribution in [2.45, 2.75) is 52.9 Å². The predicted octanol–water partition coefficient (Wildman–Crippen LogP) is 4.41. The molecule has 27 heavy (non-hydrogen) atoms. The summed E-state index contributed by atoms with van der Waals surface area (Å²) in [5.74, 6) is 1.27. The van der Waals surface area contributed by atoms with Crippen LogP contribution in [0.15, 0.2) is 30.3 Å². The smallest absolute Gasteiger partial charge is 0.272 e. The fourth-order valence-electron chi connectivity index (χ4n) is 4.14. The second-order valence-corrected chi connectivity index (χ2v) is 8.47. The van der Waals surface area contributed by atoms with E-state index < -0.39 is 0 Å². The van der Waals surface area contributed by atoms with Gasteiger partial charge in [0.2, 0.25) is 0 Å². The summed E-state index contributed by atoms with van der Waals surface area (Å²) in [5.41, 5.74) is 4.55. The van der Waals surface area contributed by atoms with E-state index in [1.807, 2.05) is 18.0 Å². The molecule has 1 atom stereocenters. The molecule has 1 fully saturated rings. The Morgan fingerprint density at radius 1 is 1.30 bits per heavy atom. The van der Waals surface area contributed by atoms with Gasteiger partial charge >= 0.3 is 0 Å². The molecule has 1 aliphatic rings. The maximum atomic E-state index is 13.1. The average Bonchev–Trinajstić information content (AvgIpc) is 3.00. The van der Waals surface area contributed by atoms with Gasteiger partial charge in [-0.25, -0.2) is 0 Å². The van der Waals surface area contributed by atoms with Crippen LogP contribution in [-0.4, -0.2) is 33.7 Å². The van der Waals surface area contributed by atoms with Crippen molar-refractivity contribution in [2.24, 2.45) is 18.9 Å². The summed E-state index contributed by atoms with van der Waals surface area (Å²) in [7, 11) is 1.89. The fraction of sp³-hybridized carbons (Fsp3) is 0.565. The van der Waals surface area contributed by atoms with E-state index in [2.05, 4.69) is 50.1 Å². The summed E-state index contributed by atoms with van der Waals surface area (Å²) in [5, 5.41) is 4.54. The zero-order chi connectivity index (χ0) is 19.4. The van der Waals surface area contributed by atoms with E-state index in [0.29, 0.717) is 11.8 Å². The summed E-state index contributed by atoms with van der Waals surface area (Å²) < 4.78 is 1.76. The first-order valence-corrected chi connectivity index (χ1v) is 10.3. The number of likely N-dealkylation sites (tertiary alicyclic amines) is 1. The molecule has 0 spiro atoms. The van der Waals surface area contributed by atoms with Crippen molar-refractivity contribution in [3.63, 3.8) is 0 Å². The molecule has 146 valence electrons. The number of amides is 1. The number of rotatable bonds is 6. The third-order valence-electron chi connectivity index (χ3n) is 5.66. The zero-order valence-electron chi connectivity index (χ0n) is 17.2. The largest absolute Gasteiger partial charge is 0.337 e. The van der Waals surface area contributed by atoms with Crippen LogP contribution in [-0.2, 0) is 19.9 Å². The molecule has 0 N–H and O–H groups in total. The van der Waals surface area contributed by atoms with Crippen LogP contribution >= 0.6 is 0 Å².